The van der Waals surface area contributed by atoms with Crippen molar-refractivity contribution in [2.24, 2.45) is 15.9 Å². The van der Waals surface area contributed by atoms with Crippen molar-refractivity contribution in [2.75, 3.05) is 5.73 Å². The van der Waals surface area contributed by atoms with E-state index in [1.54, 1.807) is 0 Å². The van der Waals surface area contributed by atoms with Gasteiger partial charge in [-0.1, -0.05) is 141 Å². The Hall–Kier alpha value is -6.30. The molecule has 0 fully saturated rings. The van der Waals surface area contributed by atoms with Gasteiger partial charge in [0.05, 0.1) is 21.4 Å². The summed E-state index contributed by atoms with van der Waals surface area (Å²) in [6.07, 6.45) is 5.01. The van der Waals surface area contributed by atoms with Gasteiger partial charge in [0.1, 0.15) is 5.82 Å². The minimum absolute atomic E-state index is 0.427. The van der Waals surface area contributed by atoms with E-state index in [0.717, 1.165) is 61.7 Å². The fraction of sp³-hybridized carbons (Fsp3) is 0.0638. The lowest BCUT2D eigenvalue weighted by Crippen LogP contribution is -2.10. The maximum absolute atomic E-state index is 6.99. The molecular weight excluding hydrogens is 653 g/mol. The SMILES string of the molecule is C=C(/N=C(/c1ccccc1)c1ccc2ccccc2c1N)n1c2cc(C3=NC=CC(C)C3)ccc2c2c3ccccc3c3c4ccccc4sc3c21. The van der Waals surface area contributed by atoms with E-state index in [2.05, 4.69) is 121 Å². The van der Waals surface area contributed by atoms with Gasteiger partial charge in [-0.2, -0.15) is 0 Å². The number of allylic oxidation sites excluding steroid dienone is 1. The van der Waals surface area contributed by atoms with E-state index in [9.17, 15) is 0 Å². The monoisotopic (exact) mass is 686 g/mol. The van der Waals surface area contributed by atoms with Crippen molar-refractivity contribution < 1.29 is 0 Å². The highest BCUT2D eigenvalue weighted by Gasteiger charge is 2.24. The first-order valence-corrected chi connectivity index (χ1v) is 18.5. The van der Waals surface area contributed by atoms with Gasteiger partial charge in [-0.15, -0.1) is 11.3 Å². The molecule has 248 valence electrons. The summed E-state index contributed by atoms with van der Waals surface area (Å²) in [7, 11) is 0. The third-order valence-corrected chi connectivity index (χ3v) is 11.7. The molecule has 1 aliphatic heterocycles. The number of thiophene rings is 1. The number of hydrogen-bond acceptors (Lipinski definition) is 4. The first kappa shape index (κ1) is 30.5. The number of aromatic nitrogens is 1. The van der Waals surface area contributed by atoms with E-state index >= 15 is 0 Å². The van der Waals surface area contributed by atoms with Gasteiger partial charge >= 0.3 is 0 Å². The van der Waals surface area contributed by atoms with Crippen molar-refractivity contribution in [1.82, 2.24) is 4.57 Å². The number of aliphatic imine (C=N–C) groups is 2. The lowest BCUT2D eigenvalue weighted by molar-refractivity contribution is 0.756. The van der Waals surface area contributed by atoms with Crippen LogP contribution >= 0.6 is 11.3 Å². The molecule has 3 heterocycles. The Balaban J connectivity index is 1.33. The Morgan fingerprint density at radius 2 is 1.48 bits per heavy atom. The molecule has 2 N–H and O–H groups in total. The van der Waals surface area contributed by atoms with E-state index in [1.165, 1.54) is 36.3 Å². The number of nitrogen functional groups attached to an aromatic ring is 1. The smallest absolute Gasteiger partial charge is 0.131 e. The zero-order chi connectivity index (χ0) is 34.9. The lowest BCUT2D eigenvalue weighted by Gasteiger charge is -2.16. The minimum Gasteiger partial charge on any atom is -0.398 e. The van der Waals surface area contributed by atoms with Gasteiger partial charge < -0.3 is 5.73 Å². The number of nitrogens with zero attached hydrogens (tertiary/aromatic N) is 3. The van der Waals surface area contributed by atoms with Gasteiger partial charge in [-0.3, -0.25) is 9.56 Å². The fourth-order valence-electron chi connectivity index (χ4n) is 8.08. The van der Waals surface area contributed by atoms with Crippen molar-refractivity contribution in [3.8, 4) is 0 Å². The maximum atomic E-state index is 6.99. The number of rotatable bonds is 5. The molecule has 10 rings (SSSR count). The standard InChI is InChI=1S/C47H34N4S/c1-28-24-25-49-39(26-28)32-21-22-36-40(27-32)51(46-42(36)34-16-8-9-17-35(34)43-37-18-10-11-19-41(37)52-47(43)46)29(2)50-45(31-13-4-3-5-14-31)38-23-20-30-12-6-7-15-33(30)44(38)48/h3-25,27-28H,2,26,48H2,1H3/b50-45-. The van der Waals surface area contributed by atoms with Crippen molar-refractivity contribution in [3.05, 3.63) is 169 Å². The van der Waals surface area contributed by atoms with Crippen molar-refractivity contribution in [3.63, 3.8) is 0 Å². The highest BCUT2D eigenvalue weighted by Crippen LogP contribution is 2.48. The predicted octanol–water partition coefficient (Wildman–Crippen LogP) is 12.4. The van der Waals surface area contributed by atoms with Crippen LogP contribution in [0.5, 0.6) is 0 Å². The van der Waals surface area contributed by atoms with E-state index in [-0.39, 0.29) is 0 Å². The molecule has 0 radical (unpaired) electrons. The Morgan fingerprint density at radius 1 is 0.769 bits per heavy atom. The highest BCUT2D eigenvalue weighted by atomic mass is 32.1. The van der Waals surface area contributed by atoms with Gasteiger partial charge in [0, 0.05) is 60.4 Å². The largest absolute Gasteiger partial charge is 0.398 e. The molecule has 0 bridgehead atoms. The summed E-state index contributed by atoms with van der Waals surface area (Å²) >= 11 is 1.84. The lowest BCUT2D eigenvalue weighted by atomic mass is 9.95. The molecule has 4 nitrogen and oxygen atoms in total. The molecule has 5 heteroatoms. The van der Waals surface area contributed by atoms with Crippen molar-refractivity contribution in [1.29, 1.82) is 0 Å². The number of hydrogen-bond donors (Lipinski definition) is 1. The summed E-state index contributed by atoms with van der Waals surface area (Å²) in [6, 6.07) is 47.1. The zero-order valence-electron chi connectivity index (χ0n) is 28.7. The second-order valence-electron chi connectivity index (χ2n) is 13.7. The second kappa shape index (κ2) is 11.9. The minimum atomic E-state index is 0.427. The summed E-state index contributed by atoms with van der Waals surface area (Å²) in [5.74, 6) is 1.05. The van der Waals surface area contributed by atoms with Crippen molar-refractivity contribution in [2.45, 2.75) is 13.3 Å². The van der Waals surface area contributed by atoms with Crippen LogP contribution in [0.2, 0.25) is 0 Å². The fourth-order valence-corrected chi connectivity index (χ4v) is 9.34. The first-order chi connectivity index (χ1) is 25.5. The van der Waals surface area contributed by atoms with Gasteiger partial charge in [-0.25, -0.2) is 4.99 Å². The molecule has 7 aromatic carbocycles. The third kappa shape index (κ3) is 4.66. The molecule has 0 saturated heterocycles. The number of fused-ring (bicyclic) bond motifs is 11. The van der Waals surface area contributed by atoms with Crippen LogP contribution in [0.15, 0.2) is 162 Å². The van der Waals surface area contributed by atoms with E-state index in [1.807, 2.05) is 47.9 Å². The summed E-state index contributed by atoms with van der Waals surface area (Å²) in [6.45, 7) is 7.01. The molecule has 1 atom stereocenters. The Labute approximate surface area is 305 Å². The molecule has 2 aromatic heterocycles. The average Bonchev–Trinajstić information content (AvgIpc) is 3.74. The molecule has 1 aliphatic rings. The van der Waals surface area contributed by atoms with Gasteiger partial charge in [0.2, 0.25) is 0 Å². The van der Waals surface area contributed by atoms with Crippen LogP contribution in [-0.4, -0.2) is 16.0 Å². The number of anilines is 1. The van der Waals surface area contributed by atoms with Crippen LogP contribution in [0, 0.1) is 5.92 Å². The quantitative estimate of drug-likeness (QED) is 0.142. The summed E-state index contributed by atoms with van der Waals surface area (Å²) in [5, 5.41) is 9.47. The molecule has 1 unspecified atom stereocenters. The van der Waals surface area contributed by atoms with Crippen LogP contribution in [0.25, 0.3) is 69.3 Å². The molecule has 0 saturated carbocycles. The summed E-state index contributed by atoms with van der Waals surface area (Å²) in [5.41, 5.74) is 14.7. The molecule has 0 aliphatic carbocycles. The maximum Gasteiger partial charge on any atom is 0.131 e. The normalized spacial score (nSPS) is 15.1. The number of nitrogens with two attached hydrogens (primary N) is 1. The van der Waals surface area contributed by atoms with Crippen LogP contribution in [0.3, 0.4) is 0 Å². The van der Waals surface area contributed by atoms with E-state index < -0.39 is 0 Å². The number of benzene rings is 7. The zero-order valence-corrected chi connectivity index (χ0v) is 29.5. The first-order valence-electron chi connectivity index (χ1n) is 17.7. The Kier molecular flexibility index (Phi) is 6.98. The van der Waals surface area contributed by atoms with Crippen LogP contribution in [0.1, 0.15) is 30.0 Å². The molecule has 52 heavy (non-hydrogen) atoms. The molecular formula is C47H34N4S. The van der Waals surface area contributed by atoms with Gasteiger partial charge in [0.15, 0.2) is 0 Å². The van der Waals surface area contributed by atoms with E-state index in [4.69, 9.17) is 22.3 Å². The topological polar surface area (TPSA) is 55.7 Å². The van der Waals surface area contributed by atoms with Crippen LogP contribution in [0.4, 0.5) is 5.69 Å². The van der Waals surface area contributed by atoms with Crippen molar-refractivity contribution >= 4 is 97.8 Å². The highest BCUT2D eigenvalue weighted by molar-refractivity contribution is 7.27. The Bertz CT molecular complexity index is 3030. The third-order valence-electron chi connectivity index (χ3n) is 10.5. The second-order valence-corrected chi connectivity index (χ2v) is 14.8. The van der Waals surface area contributed by atoms with Crippen LogP contribution < -0.4 is 5.73 Å². The molecule has 9 aromatic rings. The van der Waals surface area contributed by atoms with Gasteiger partial charge in [0.25, 0.3) is 0 Å². The van der Waals surface area contributed by atoms with Crippen LogP contribution in [-0.2, 0) is 0 Å². The summed E-state index contributed by atoms with van der Waals surface area (Å²) in [4.78, 5) is 10.3. The summed E-state index contributed by atoms with van der Waals surface area (Å²) < 4.78 is 4.77. The average molecular weight is 687 g/mol. The molecule has 0 spiro atoms. The Morgan fingerprint density at radius 3 is 2.29 bits per heavy atom. The van der Waals surface area contributed by atoms with E-state index in [0.29, 0.717) is 17.4 Å². The van der Waals surface area contributed by atoms with Gasteiger partial charge in [-0.05, 0) is 46.2 Å². The predicted molar refractivity (Wildman–Crippen MR) is 225 cm³/mol. The molecule has 0 amide bonds.